The maximum atomic E-state index is 13.3. The van der Waals surface area contributed by atoms with Crippen molar-refractivity contribution in [2.24, 2.45) is 0 Å². The monoisotopic (exact) mass is 460 g/mol. The molecule has 0 aliphatic carbocycles. The van der Waals surface area contributed by atoms with Crippen LogP contribution in [0.5, 0.6) is 17.2 Å². The highest BCUT2D eigenvalue weighted by molar-refractivity contribution is 7.12. The molecule has 0 bridgehead atoms. The van der Waals surface area contributed by atoms with Crippen molar-refractivity contribution < 1.29 is 28.9 Å². The summed E-state index contributed by atoms with van der Waals surface area (Å²) in [7, 11) is 8.40. The fourth-order valence-electron chi connectivity index (χ4n) is 3.82. The van der Waals surface area contributed by atoms with Gasteiger partial charge in [0.05, 0.1) is 37.8 Å². The highest BCUT2D eigenvalue weighted by Gasteiger charge is 2.44. The van der Waals surface area contributed by atoms with E-state index in [9.17, 15) is 14.7 Å². The molecule has 9 heteroatoms. The van der Waals surface area contributed by atoms with Crippen molar-refractivity contribution in [2.45, 2.75) is 12.5 Å². The first kappa shape index (κ1) is 23.6. The standard InChI is InChI=1S/C23H28N2O6S/c1-24(2)9-7-10-25-19(14-12-15(29-3)22(31-5)16(13-14)30-4)18(21(27)23(25)28)20(26)17-8-6-11-32-17/h6,8,11-13,19,27H,7,9-10H2,1-5H3/t19-/m1/s1. The zero-order valence-corrected chi connectivity index (χ0v) is 19.7. The number of thiophene rings is 1. The molecule has 0 unspecified atom stereocenters. The number of ketones is 1. The van der Waals surface area contributed by atoms with Gasteiger partial charge in [0.15, 0.2) is 17.3 Å². The van der Waals surface area contributed by atoms with Gasteiger partial charge in [0.25, 0.3) is 5.91 Å². The normalized spacial score (nSPS) is 16.1. The molecule has 1 aliphatic heterocycles. The number of methoxy groups -OCH3 is 3. The number of hydrogen-bond acceptors (Lipinski definition) is 8. The summed E-state index contributed by atoms with van der Waals surface area (Å²) in [5, 5.41) is 12.5. The first-order valence-electron chi connectivity index (χ1n) is 10.1. The third-order valence-corrected chi connectivity index (χ3v) is 6.17. The quantitative estimate of drug-likeness (QED) is 0.544. The van der Waals surface area contributed by atoms with E-state index in [4.69, 9.17) is 14.2 Å². The lowest BCUT2D eigenvalue weighted by atomic mass is 9.94. The number of carbonyl (C=O) groups is 2. The molecule has 1 N–H and O–H groups in total. The van der Waals surface area contributed by atoms with E-state index in [1.165, 1.54) is 37.6 Å². The molecule has 2 aromatic rings. The Labute approximate surface area is 191 Å². The van der Waals surface area contributed by atoms with E-state index in [0.717, 1.165) is 6.54 Å². The molecule has 172 valence electrons. The molecule has 0 saturated heterocycles. The highest BCUT2D eigenvalue weighted by atomic mass is 32.1. The SMILES string of the molecule is COc1cc([C@@H]2C(C(=O)c3cccs3)=C(O)C(=O)N2CCCN(C)C)cc(OC)c1OC. The smallest absolute Gasteiger partial charge is 0.290 e. The molecule has 0 radical (unpaired) electrons. The van der Waals surface area contributed by atoms with Crippen molar-refractivity contribution in [1.82, 2.24) is 9.80 Å². The number of amides is 1. The van der Waals surface area contributed by atoms with E-state index in [0.29, 0.717) is 40.7 Å². The zero-order valence-electron chi connectivity index (χ0n) is 18.9. The average Bonchev–Trinajstić information content (AvgIpc) is 3.40. The van der Waals surface area contributed by atoms with Gasteiger partial charge in [-0.15, -0.1) is 11.3 Å². The first-order chi connectivity index (χ1) is 15.3. The van der Waals surface area contributed by atoms with Crippen LogP contribution in [0.3, 0.4) is 0 Å². The molecule has 1 aromatic heterocycles. The van der Waals surface area contributed by atoms with Gasteiger partial charge >= 0.3 is 0 Å². The molecule has 0 saturated carbocycles. The number of aliphatic hydroxyl groups excluding tert-OH is 1. The van der Waals surface area contributed by atoms with Crippen LogP contribution in [0, 0.1) is 0 Å². The molecule has 1 amide bonds. The van der Waals surface area contributed by atoms with E-state index in [2.05, 4.69) is 0 Å². The Bertz CT molecular complexity index is 990. The second-order valence-corrected chi connectivity index (χ2v) is 8.53. The van der Waals surface area contributed by atoms with Gasteiger partial charge in [-0.3, -0.25) is 9.59 Å². The Morgan fingerprint density at radius 1 is 1.16 bits per heavy atom. The van der Waals surface area contributed by atoms with E-state index in [-0.39, 0.29) is 11.4 Å². The van der Waals surface area contributed by atoms with Crippen molar-refractivity contribution in [3.8, 4) is 17.2 Å². The van der Waals surface area contributed by atoms with Gasteiger partial charge < -0.3 is 29.1 Å². The molecular weight excluding hydrogens is 432 g/mol. The molecule has 3 rings (SSSR count). The Kier molecular flexibility index (Phi) is 7.42. The molecule has 0 fully saturated rings. The summed E-state index contributed by atoms with van der Waals surface area (Å²) < 4.78 is 16.4. The van der Waals surface area contributed by atoms with Crippen molar-refractivity contribution in [2.75, 3.05) is 48.5 Å². The second kappa shape index (κ2) is 10.1. The lowest BCUT2D eigenvalue weighted by molar-refractivity contribution is -0.129. The van der Waals surface area contributed by atoms with Gasteiger partial charge in [0.1, 0.15) is 0 Å². The number of aliphatic hydroxyl groups is 1. The molecule has 0 spiro atoms. The number of rotatable bonds is 10. The number of nitrogens with zero attached hydrogens (tertiary/aromatic N) is 2. The maximum absolute atomic E-state index is 13.3. The number of hydrogen-bond donors (Lipinski definition) is 1. The fourth-order valence-corrected chi connectivity index (χ4v) is 4.50. The largest absolute Gasteiger partial charge is 0.503 e. The number of benzene rings is 1. The maximum Gasteiger partial charge on any atom is 0.290 e. The Morgan fingerprint density at radius 3 is 2.31 bits per heavy atom. The lowest BCUT2D eigenvalue weighted by Crippen LogP contribution is -2.33. The second-order valence-electron chi connectivity index (χ2n) is 7.59. The fraction of sp³-hybridized carbons (Fsp3) is 0.391. The number of ether oxygens (including phenoxy) is 3. The Balaban J connectivity index is 2.13. The van der Waals surface area contributed by atoms with Crippen molar-refractivity contribution in [1.29, 1.82) is 0 Å². The summed E-state index contributed by atoms with van der Waals surface area (Å²) >= 11 is 1.26. The molecule has 1 aliphatic rings. The van der Waals surface area contributed by atoms with Crippen molar-refractivity contribution in [3.63, 3.8) is 0 Å². The Morgan fingerprint density at radius 2 is 1.81 bits per heavy atom. The lowest BCUT2D eigenvalue weighted by Gasteiger charge is -2.28. The van der Waals surface area contributed by atoms with Crippen LogP contribution >= 0.6 is 11.3 Å². The number of Topliss-reactive ketones (excluding diaryl/α,β-unsaturated/α-hetero) is 1. The van der Waals surface area contributed by atoms with Crippen LogP contribution in [-0.2, 0) is 4.79 Å². The summed E-state index contributed by atoms with van der Waals surface area (Å²) in [4.78, 5) is 30.4. The van der Waals surface area contributed by atoms with Crippen LogP contribution < -0.4 is 14.2 Å². The van der Waals surface area contributed by atoms with Gasteiger partial charge in [0.2, 0.25) is 11.5 Å². The molecule has 1 aromatic carbocycles. The highest BCUT2D eigenvalue weighted by Crippen LogP contribution is 2.45. The molecule has 1 atom stereocenters. The molecular formula is C23H28N2O6S. The topological polar surface area (TPSA) is 88.5 Å². The predicted molar refractivity (Wildman–Crippen MR) is 122 cm³/mol. The predicted octanol–water partition coefficient (Wildman–Crippen LogP) is 3.30. The summed E-state index contributed by atoms with van der Waals surface area (Å²) in [6, 6.07) is 6.07. The number of carbonyl (C=O) groups excluding carboxylic acids is 2. The van der Waals surface area contributed by atoms with Crippen LogP contribution in [0.2, 0.25) is 0 Å². The van der Waals surface area contributed by atoms with Gasteiger partial charge in [0, 0.05) is 6.54 Å². The minimum atomic E-state index is -0.784. The van der Waals surface area contributed by atoms with Crippen LogP contribution in [0.1, 0.15) is 27.7 Å². The van der Waals surface area contributed by atoms with E-state index < -0.39 is 17.7 Å². The minimum Gasteiger partial charge on any atom is -0.503 e. The molecule has 2 heterocycles. The summed E-state index contributed by atoms with van der Waals surface area (Å²) in [6.07, 6.45) is 0.674. The van der Waals surface area contributed by atoms with Crippen LogP contribution in [-0.4, -0.2) is 75.1 Å². The van der Waals surface area contributed by atoms with E-state index in [1.807, 2.05) is 19.0 Å². The summed E-state index contributed by atoms with van der Waals surface area (Å²) in [5.41, 5.74) is 0.637. The molecule has 32 heavy (non-hydrogen) atoms. The van der Waals surface area contributed by atoms with Crippen molar-refractivity contribution in [3.05, 3.63) is 51.4 Å². The third-order valence-electron chi connectivity index (χ3n) is 5.30. The Hall–Kier alpha value is -3.04. The van der Waals surface area contributed by atoms with Gasteiger partial charge in [-0.25, -0.2) is 0 Å². The minimum absolute atomic E-state index is 0.0524. The molecule has 8 nitrogen and oxygen atoms in total. The third kappa shape index (κ3) is 4.44. The first-order valence-corrected chi connectivity index (χ1v) is 11.0. The summed E-state index contributed by atoms with van der Waals surface area (Å²) in [6.45, 7) is 1.12. The van der Waals surface area contributed by atoms with Crippen molar-refractivity contribution >= 4 is 23.0 Å². The van der Waals surface area contributed by atoms with E-state index in [1.54, 1.807) is 29.6 Å². The average molecular weight is 461 g/mol. The van der Waals surface area contributed by atoms with Crippen LogP contribution in [0.4, 0.5) is 0 Å². The van der Waals surface area contributed by atoms with Gasteiger partial charge in [-0.05, 0) is 56.2 Å². The van der Waals surface area contributed by atoms with Gasteiger partial charge in [-0.1, -0.05) is 6.07 Å². The van der Waals surface area contributed by atoms with Crippen LogP contribution in [0.25, 0.3) is 0 Å². The zero-order chi connectivity index (χ0) is 23.4. The van der Waals surface area contributed by atoms with E-state index >= 15 is 0 Å². The summed E-state index contributed by atoms with van der Waals surface area (Å²) in [5.74, 6) is -0.260. The van der Waals surface area contributed by atoms with Gasteiger partial charge in [-0.2, -0.15) is 0 Å². The van der Waals surface area contributed by atoms with Crippen LogP contribution in [0.15, 0.2) is 41.0 Å².